The van der Waals surface area contributed by atoms with Crippen LogP contribution in [0.4, 0.5) is 10.8 Å². The summed E-state index contributed by atoms with van der Waals surface area (Å²) < 4.78 is 0. The van der Waals surface area contributed by atoms with E-state index in [4.69, 9.17) is 23.2 Å². The van der Waals surface area contributed by atoms with Gasteiger partial charge in [-0.25, -0.2) is 4.98 Å². The highest BCUT2D eigenvalue weighted by atomic mass is 35.5. The van der Waals surface area contributed by atoms with Gasteiger partial charge in [-0.05, 0) is 24.6 Å². The number of anilines is 2. The molecule has 2 amide bonds. The molecule has 1 aliphatic heterocycles. The summed E-state index contributed by atoms with van der Waals surface area (Å²) in [5.74, 6) is -0.292. The summed E-state index contributed by atoms with van der Waals surface area (Å²) in [5, 5.41) is 6.03. The molecule has 0 radical (unpaired) electrons. The first-order chi connectivity index (χ1) is 15.9. The zero-order chi connectivity index (χ0) is 23.4. The number of thiazole rings is 1. The van der Waals surface area contributed by atoms with Gasteiger partial charge in [0.15, 0.2) is 5.13 Å². The Balaban J connectivity index is 1.25. The molecular formula is C22H21Cl2N5O3S. The van der Waals surface area contributed by atoms with Crippen LogP contribution in [0.2, 0.25) is 10.0 Å². The lowest BCUT2D eigenvalue weighted by Crippen LogP contribution is -2.49. The Hall–Kier alpha value is -2.88. The maximum atomic E-state index is 12.7. The Labute approximate surface area is 204 Å². The quantitative estimate of drug-likeness (QED) is 0.532. The molecule has 1 saturated heterocycles. The van der Waals surface area contributed by atoms with Crippen molar-refractivity contribution in [1.29, 1.82) is 0 Å². The lowest BCUT2D eigenvalue weighted by atomic mass is 10.2. The van der Waals surface area contributed by atoms with Crippen LogP contribution in [0.3, 0.4) is 0 Å². The van der Waals surface area contributed by atoms with Gasteiger partial charge in [-0.1, -0.05) is 29.3 Å². The fourth-order valence-corrected chi connectivity index (χ4v) is 4.68. The van der Waals surface area contributed by atoms with Crippen molar-refractivity contribution in [3.63, 3.8) is 0 Å². The van der Waals surface area contributed by atoms with Gasteiger partial charge in [-0.3, -0.25) is 19.7 Å². The molecule has 2 N–H and O–H groups in total. The third-order valence-electron chi connectivity index (χ3n) is 5.32. The van der Waals surface area contributed by atoms with Crippen LogP contribution in [-0.2, 0) is 11.2 Å². The molecule has 4 rings (SSSR count). The number of nitrogens with one attached hydrogen (secondary N) is 2. The van der Waals surface area contributed by atoms with Crippen LogP contribution in [0, 0.1) is 0 Å². The second-order valence-electron chi connectivity index (χ2n) is 7.48. The minimum atomic E-state index is -0.360. The first-order valence-corrected chi connectivity index (χ1v) is 12.0. The Morgan fingerprint density at radius 3 is 2.64 bits per heavy atom. The lowest BCUT2D eigenvalue weighted by Gasteiger charge is -2.36. The highest BCUT2D eigenvalue weighted by molar-refractivity contribution is 7.14. The van der Waals surface area contributed by atoms with Crippen LogP contribution in [0.5, 0.6) is 0 Å². The molecule has 1 aliphatic rings. The van der Waals surface area contributed by atoms with Gasteiger partial charge < -0.3 is 14.8 Å². The van der Waals surface area contributed by atoms with Crippen molar-refractivity contribution in [3.8, 4) is 0 Å². The molecule has 8 nitrogen and oxygen atoms in total. The molecule has 0 aliphatic carbocycles. The van der Waals surface area contributed by atoms with E-state index in [0.29, 0.717) is 59.8 Å². The van der Waals surface area contributed by atoms with Gasteiger partial charge in [0.05, 0.1) is 27.0 Å². The minimum absolute atomic E-state index is 0.0682. The number of nitrogens with zero attached hydrogens (tertiary/aromatic N) is 3. The van der Waals surface area contributed by atoms with Crippen LogP contribution in [0.15, 0.2) is 46.7 Å². The maximum absolute atomic E-state index is 12.7. The largest absolute Gasteiger partial charge is 0.367 e. The third-order valence-corrected chi connectivity index (χ3v) is 6.93. The number of halogens is 2. The highest BCUT2D eigenvalue weighted by Crippen LogP contribution is 2.33. The third kappa shape index (κ3) is 5.73. The van der Waals surface area contributed by atoms with E-state index in [1.807, 2.05) is 22.4 Å². The number of aromatic amines is 1. The predicted molar refractivity (Wildman–Crippen MR) is 131 cm³/mol. The van der Waals surface area contributed by atoms with E-state index in [1.165, 1.54) is 29.7 Å². The summed E-state index contributed by atoms with van der Waals surface area (Å²) in [6, 6.07) is 8.29. The van der Waals surface area contributed by atoms with Crippen molar-refractivity contribution in [2.45, 2.75) is 12.8 Å². The molecule has 1 fully saturated rings. The van der Waals surface area contributed by atoms with Crippen molar-refractivity contribution in [1.82, 2.24) is 14.9 Å². The SMILES string of the molecule is O=C(Nc1nc(CCC(=O)N2CCN(c3cccc(Cl)c3Cl)CC2)cs1)c1ccc(=O)[nH]c1. The van der Waals surface area contributed by atoms with Crippen LogP contribution in [-0.4, -0.2) is 52.9 Å². The maximum Gasteiger partial charge on any atom is 0.258 e. The standard InChI is InChI=1S/C22H21Cl2N5O3S/c23-16-2-1-3-17(20(16)24)28-8-10-29(11-9-28)19(31)7-5-15-13-33-22(26-15)27-21(32)14-4-6-18(30)25-12-14/h1-4,6,12-13H,5,7-11H2,(H,25,30)(H,26,27,32). The number of rotatable bonds is 6. The van der Waals surface area contributed by atoms with E-state index >= 15 is 0 Å². The van der Waals surface area contributed by atoms with Crippen molar-refractivity contribution in [2.75, 3.05) is 36.4 Å². The Bertz CT molecular complexity index is 1200. The molecule has 33 heavy (non-hydrogen) atoms. The zero-order valence-corrected chi connectivity index (χ0v) is 19.8. The molecular weight excluding hydrogens is 485 g/mol. The number of pyridine rings is 1. The van der Waals surface area contributed by atoms with Crippen LogP contribution in [0.25, 0.3) is 0 Å². The van der Waals surface area contributed by atoms with E-state index in [1.54, 1.807) is 6.07 Å². The number of piperazine rings is 1. The van der Waals surface area contributed by atoms with Gasteiger partial charge in [-0.15, -0.1) is 11.3 Å². The van der Waals surface area contributed by atoms with Crippen molar-refractivity contribution < 1.29 is 9.59 Å². The zero-order valence-electron chi connectivity index (χ0n) is 17.5. The number of hydrogen-bond acceptors (Lipinski definition) is 6. The average molecular weight is 506 g/mol. The van der Waals surface area contributed by atoms with Gasteiger partial charge in [-0.2, -0.15) is 0 Å². The van der Waals surface area contributed by atoms with Gasteiger partial charge >= 0.3 is 0 Å². The first-order valence-electron chi connectivity index (χ1n) is 10.3. The Morgan fingerprint density at radius 2 is 1.91 bits per heavy atom. The smallest absolute Gasteiger partial charge is 0.258 e. The molecule has 0 bridgehead atoms. The van der Waals surface area contributed by atoms with Gasteiger partial charge in [0.25, 0.3) is 5.91 Å². The van der Waals surface area contributed by atoms with E-state index < -0.39 is 0 Å². The van der Waals surface area contributed by atoms with E-state index in [9.17, 15) is 14.4 Å². The van der Waals surface area contributed by atoms with Crippen LogP contribution >= 0.6 is 34.5 Å². The molecule has 0 saturated carbocycles. The van der Waals surface area contributed by atoms with Crippen molar-refractivity contribution in [3.05, 3.63) is 73.6 Å². The summed E-state index contributed by atoms with van der Waals surface area (Å²) in [4.78, 5) is 46.8. The topological polar surface area (TPSA) is 98.4 Å². The van der Waals surface area contributed by atoms with Crippen LogP contribution < -0.4 is 15.8 Å². The fourth-order valence-electron chi connectivity index (χ4n) is 3.53. The van der Waals surface area contributed by atoms with Gasteiger partial charge in [0.2, 0.25) is 11.5 Å². The number of H-pyrrole nitrogens is 1. The van der Waals surface area contributed by atoms with Gasteiger partial charge in [0.1, 0.15) is 0 Å². The average Bonchev–Trinajstić information content (AvgIpc) is 3.27. The van der Waals surface area contributed by atoms with Gasteiger partial charge in [0, 0.05) is 50.2 Å². The number of amides is 2. The van der Waals surface area contributed by atoms with E-state index in [0.717, 1.165) is 11.4 Å². The second-order valence-corrected chi connectivity index (χ2v) is 9.12. The highest BCUT2D eigenvalue weighted by Gasteiger charge is 2.23. The molecule has 172 valence electrons. The summed E-state index contributed by atoms with van der Waals surface area (Å²) >= 11 is 13.7. The summed E-state index contributed by atoms with van der Waals surface area (Å²) in [6.45, 7) is 2.59. The van der Waals surface area contributed by atoms with E-state index in [2.05, 4.69) is 20.2 Å². The van der Waals surface area contributed by atoms with Crippen LogP contribution in [0.1, 0.15) is 22.5 Å². The molecule has 3 heterocycles. The van der Waals surface area contributed by atoms with E-state index in [-0.39, 0.29) is 17.4 Å². The lowest BCUT2D eigenvalue weighted by molar-refractivity contribution is -0.131. The molecule has 2 aromatic heterocycles. The normalized spacial score (nSPS) is 13.8. The Morgan fingerprint density at radius 1 is 1.12 bits per heavy atom. The predicted octanol–water partition coefficient (Wildman–Crippen LogP) is 3.67. The minimum Gasteiger partial charge on any atom is -0.367 e. The molecule has 0 unspecified atom stereocenters. The Kier molecular flexibility index (Phi) is 7.32. The number of hydrogen-bond donors (Lipinski definition) is 2. The fraction of sp³-hybridized carbons (Fsp3) is 0.273. The summed E-state index contributed by atoms with van der Waals surface area (Å²) in [5.41, 5.74) is 1.69. The number of aryl methyl sites for hydroxylation is 1. The first kappa shape index (κ1) is 23.3. The molecule has 11 heteroatoms. The summed E-state index contributed by atoms with van der Waals surface area (Å²) in [7, 11) is 0. The molecule has 0 atom stereocenters. The van der Waals surface area contributed by atoms with Crippen molar-refractivity contribution >= 4 is 57.2 Å². The molecule has 0 spiro atoms. The van der Waals surface area contributed by atoms with Crippen molar-refractivity contribution in [2.24, 2.45) is 0 Å². The number of carbonyl (C=O) groups excluding carboxylic acids is 2. The summed E-state index contributed by atoms with van der Waals surface area (Å²) in [6.07, 6.45) is 2.18. The molecule has 1 aromatic carbocycles. The second kappa shape index (κ2) is 10.4. The number of aromatic nitrogens is 2. The monoisotopic (exact) mass is 505 g/mol. The number of benzene rings is 1. The number of carbonyl (C=O) groups is 2. The molecule has 3 aromatic rings.